The Morgan fingerprint density at radius 1 is 1.22 bits per heavy atom. The van der Waals surface area contributed by atoms with Gasteiger partial charge in [-0.1, -0.05) is 28.9 Å². The Labute approximate surface area is 184 Å². The maximum atomic E-state index is 12.4. The minimum Gasteiger partial charge on any atom is -0.550 e. The van der Waals surface area contributed by atoms with Crippen LogP contribution in [0.2, 0.25) is 5.02 Å². The minimum absolute atomic E-state index is 0.0388. The van der Waals surface area contributed by atoms with Gasteiger partial charge in [-0.3, -0.25) is 0 Å². The van der Waals surface area contributed by atoms with Gasteiger partial charge >= 0.3 is 6.36 Å². The van der Waals surface area contributed by atoms with Crippen LogP contribution in [-0.2, 0) is 11.3 Å². The number of nitrogens with zero attached hydrogens (tertiary/aromatic N) is 3. The van der Waals surface area contributed by atoms with Crippen molar-refractivity contribution < 1.29 is 32.3 Å². The molecule has 7 nitrogen and oxygen atoms in total. The number of carboxylic acid groups (broad SMARTS) is 1. The van der Waals surface area contributed by atoms with Crippen LogP contribution in [0.1, 0.15) is 12.8 Å². The molecule has 4 aromatic rings. The molecule has 0 aliphatic carbocycles. The summed E-state index contributed by atoms with van der Waals surface area (Å²) in [5.74, 6) is -1.28. The van der Waals surface area contributed by atoms with Crippen molar-refractivity contribution in [3.8, 4) is 28.6 Å². The van der Waals surface area contributed by atoms with Crippen LogP contribution in [0.3, 0.4) is 0 Å². The zero-order valence-corrected chi connectivity index (χ0v) is 17.0. The minimum atomic E-state index is -4.86. The number of rotatable bonds is 7. The first-order valence-corrected chi connectivity index (χ1v) is 9.76. The van der Waals surface area contributed by atoms with Crippen LogP contribution in [0.4, 0.5) is 13.2 Å². The summed E-state index contributed by atoms with van der Waals surface area (Å²) in [6.45, 7) is 0.503. The fraction of sp³-hybridized carbons (Fsp3) is 0.190. The molecule has 2 heterocycles. The van der Waals surface area contributed by atoms with Crippen molar-refractivity contribution in [1.29, 1.82) is 0 Å². The summed E-state index contributed by atoms with van der Waals surface area (Å²) < 4.78 is 48.3. The van der Waals surface area contributed by atoms with Crippen molar-refractivity contribution >= 4 is 28.5 Å². The number of aromatic nitrogens is 3. The molecule has 166 valence electrons. The van der Waals surface area contributed by atoms with Gasteiger partial charge in [-0.05, 0) is 43.2 Å². The number of fused-ring (bicyclic) bond motifs is 1. The maximum absolute atomic E-state index is 12.4. The second-order valence-corrected chi connectivity index (χ2v) is 7.25. The van der Waals surface area contributed by atoms with E-state index in [1.54, 1.807) is 6.07 Å². The molecule has 0 amide bonds. The molecule has 0 aliphatic heterocycles. The number of alkyl halides is 3. The van der Waals surface area contributed by atoms with E-state index in [4.69, 9.17) is 16.1 Å². The standard InChI is InChI=1S/C21H15ClF3N3O4/c22-15-11-12(6-7-17(15)31-21(23,24)25)20-26-19(27-32-20)14-3-1-4-16-13(14)8-10-28(16)9-2-5-18(29)30/h1,3-4,6-8,10-11H,2,5,9H2,(H,29,30)/p-1. The van der Waals surface area contributed by atoms with Crippen molar-refractivity contribution in [2.24, 2.45) is 0 Å². The van der Waals surface area contributed by atoms with Crippen LogP contribution in [0.15, 0.2) is 53.2 Å². The number of carbonyl (C=O) groups excluding carboxylic acids is 1. The highest BCUT2D eigenvalue weighted by molar-refractivity contribution is 6.32. The summed E-state index contributed by atoms with van der Waals surface area (Å²) in [4.78, 5) is 15.0. The third kappa shape index (κ3) is 4.70. The van der Waals surface area contributed by atoms with Crippen molar-refractivity contribution in [2.75, 3.05) is 0 Å². The third-order valence-electron chi connectivity index (χ3n) is 4.67. The first-order chi connectivity index (χ1) is 15.2. The van der Waals surface area contributed by atoms with Gasteiger partial charge in [-0.15, -0.1) is 13.2 Å². The Morgan fingerprint density at radius 3 is 2.75 bits per heavy atom. The lowest BCUT2D eigenvalue weighted by Crippen LogP contribution is -2.22. The molecule has 0 spiro atoms. The van der Waals surface area contributed by atoms with Crippen molar-refractivity contribution in [1.82, 2.24) is 14.7 Å². The molecule has 0 fully saturated rings. The van der Waals surface area contributed by atoms with Crippen molar-refractivity contribution in [3.05, 3.63) is 53.7 Å². The fourth-order valence-corrected chi connectivity index (χ4v) is 3.52. The number of hydrogen-bond acceptors (Lipinski definition) is 6. The molecule has 0 saturated heterocycles. The highest BCUT2D eigenvalue weighted by Crippen LogP contribution is 2.34. The van der Waals surface area contributed by atoms with Gasteiger partial charge in [0.05, 0.1) is 5.02 Å². The molecule has 0 bridgehead atoms. The normalized spacial score (nSPS) is 11.8. The fourth-order valence-electron chi connectivity index (χ4n) is 3.30. The van der Waals surface area contributed by atoms with Crippen molar-refractivity contribution in [3.63, 3.8) is 0 Å². The smallest absolute Gasteiger partial charge is 0.550 e. The van der Waals surface area contributed by atoms with Crippen LogP contribution in [-0.4, -0.2) is 27.0 Å². The molecule has 0 saturated carbocycles. The predicted octanol–water partition coefficient (Wildman–Crippen LogP) is 4.44. The van der Waals surface area contributed by atoms with Crippen LogP contribution in [0.5, 0.6) is 5.75 Å². The van der Waals surface area contributed by atoms with Gasteiger partial charge in [0.2, 0.25) is 5.82 Å². The molecule has 11 heteroatoms. The van der Waals surface area contributed by atoms with Gasteiger partial charge in [-0.25, -0.2) is 0 Å². The Bertz CT molecular complexity index is 1280. The molecule has 32 heavy (non-hydrogen) atoms. The third-order valence-corrected chi connectivity index (χ3v) is 4.96. The summed E-state index contributed by atoms with van der Waals surface area (Å²) in [7, 11) is 0. The predicted molar refractivity (Wildman–Crippen MR) is 107 cm³/mol. The largest absolute Gasteiger partial charge is 0.573 e. The first kappa shape index (κ1) is 21.7. The SMILES string of the molecule is O=C([O-])CCCn1ccc2c(-c3noc(-c4ccc(OC(F)(F)F)c(Cl)c4)n3)cccc21. The summed E-state index contributed by atoms with van der Waals surface area (Å²) in [5, 5.41) is 15.2. The van der Waals surface area contributed by atoms with Gasteiger partial charge < -0.3 is 23.7 Å². The van der Waals surface area contributed by atoms with E-state index in [1.165, 1.54) is 12.1 Å². The Morgan fingerprint density at radius 2 is 2.03 bits per heavy atom. The van der Waals surface area contributed by atoms with E-state index < -0.39 is 18.1 Å². The molecule has 2 aromatic carbocycles. The second kappa shape index (κ2) is 8.54. The zero-order valence-electron chi connectivity index (χ0n) is 16.2. The number of benzene rings is 2. The summed E-state index contributed by atoms with van der Waals surface area (Å²) in [6, 6.07) is 11.0. The number of ether oxygens (including phenoxy) is 1. The molecule has 0 atom stereocenters. The molecule has 0 unspecified atom stereocenters. The molecular formula is C21H14ClF3N3O4-. The van der Waals surface area contributed by atoms with E-state index in [1.807, 2.05) is 29.0 Å². The van der Waals surface area contributed by atoms with Crippen LogP contribution in [0.25, 0.3) is 33.7 Å². The van der Waals surface area contributed by atoms with Gasteiger partial charge in [0.1, 0.15) is 5.75 Å². The first-order valence-electron chi connectivity index (χ1n) is 9.39. The lowest BCUT2D eigenvalue weighted by molar-refractivity contribution is -0.305. The summed E-state index contributed by atoms with van der Waals surface area (Å²) >= 11 is 5.89. The lowest BCUT2D eigenvalue weighted by Gasteiger charge is -2.10. The van der Waals surface area contributed by atoms with Crippen LogP contribution < -0.4 is 9.84 Å². The van der Waals surface area contributed by atoms with Gasteiger partial charge in [0.25, 0.3) is 5.89 Å². The highest BCUT2D eigenvalue weighted by atomic mass is 35.5. The summed E-state index contributed by atoms with van der Waals surface area (Å²) in [5.41, 5.74) is 1.87. The Balaban J connectivity index is 1.61. The summed E-state index contributed by atoms with van der Waals surface area (Å²) in [6.07, 6.45) is -2.63. The number of hydrogen-bond donors (Lipinski definition) is 0. The number of halogens is 4. The van der Waals surface area contributed by atoms with E-state index in [9.17, 15) is 23.1 Å². The van der Waals surface area contributed by atoms with Crippen molar-refractivity contribution in [2.45, 2.75) is 25.7 Å². The average Bonchev–Trinajstić information content (AvgIpc) is 3.36. The number of carbonyl (C=O) groups is 1. The maximum Gasteiger partial charge on any atom is 0.573 e. The number of aliphatic carboxylic acids is 1. The van der Waals surface area contributed by atoms with Crippen LogP contribution in [0, 0.1) is 0 Å². The van der Waals surface area contributed by atoms with E-state index in [0.717, 1.165) is 17.0 Å². The second-order valence-electron chi connectivity index (χ2n) is 6.84. The average molecular weight is 465 g/mol. The molecule has 0 radical (unpaired) electrons. The topological polar surface area (TPSA) is 93.2 Å². The number of aryl methyl sites for hydroxylation is 1. The number of carboxylic acids is 1. The lowest BCUT2D eigenvalue weighted by atomic mass is 10.1. The molecule has 2 aromatic heterocycles. The zero-order chi connectivity index (χ0) is 22.9. The van der Waals surface area contributed by atoms with E-state index in [-0.39, 0.29) is 23.2 Å². The quantitative estimate of drug-likeness (QED) is 0.401. The van der Waals surface area contributed by atoms with Gasteiger partial charge in [0.15, 0.2) is 0 Å². The Kier molecular flexibility index (Phi) is 5.79. The molecule has 4 rings (SSSR count). The van der Waals surface area contributed by atoms with E-state index in [0.29, 0.717) is 24.1 Å². The monoisotopic (exact) mass is 464 g/mol. The molecule has 0 aliphatic rings. The van der Waals surface area contributed by atoms with Crippen LogP contribution >= 0.6 is 11.6 Å². The Hall–Kier alpha value is -3.53. The van der Waals surface area contributed by atoms with Gasteiger partial charge in [-0.2, -0.15) is 4.98 Å². The highest BCUT2D eigenvalue weighted by Gasteiger charge is 2.32. The molecule has 0 N–H and O–H groups in total. The van der Waals surface area contributed by atoms with Gasteiger partial charge in [0, 0.05) is 40.7 Å². The van der Waals surface area contributed by atoms with E-state index in [2.05, 4.69) is 14.9 Å². The molecular weight excluding hydrogens is 451 g/mol. The van der Waals surface area contributed by atoms with E-state index >= 15 is 0 Å².